The Balaban J connectivity index is 2.28. The van der Waals surface area contributed by atoms with Crippen molar-refractivity contribution in [1.29, 1.82) is 0 Å². The average molecular weight is 354 g/mol. The van der Waals surface area contributed by atoms with Crippen LogP contribution in [0.25, 0.3) is 0 Å². The highest BCUT2D eigenvalue weighted by molar-refractivity contribution is 9.10. The molecule has 2 N–H and O–H groups in total. The monoisotopic (exact) mass is 352 g/mol. The van der Waals surface area contributed by atoms with E-state index in [1.165, 1.54) is 5.56 Å². The van der Waals surface area contributed by atoms with Crippen LogP contribution in [0.1, 0.15) is 24.1 Å². The first kappa shape index (κ1) is 15.4. The summed E-state index contributed by atoms with van der Waals surface area (Å²) in [7, 11) is 2.08. The van der Waals surface area contributed by atoms with E-state index in [1.807, 2.05) is 18.2 Å². The summed E-state index contributed by atoms with van der Waals surface area (Å²) < 4.78 is 1.05. The van der Waals surface area contributed by atoms with Crippen molar-refractivity contribution in [1.82, 2.24) is 0 Å². The van der Waals surface area contributed by atoms with Gasteiger partial charge in [-0.1, -0.05) is 39.7 Å². The van der Waals surface area contributed by atoms with Crippen LogP contribution in [0, 0.1) is 0 Å². The first-order valence-electron chi connectivity index (χ1n) is 6.49. The number of hydrogen-bond acceptors (Lipinski definition) is 2. The maximum Gasteiger partial charge on any atom is 0.0511 e. The lowest BCUT2D eigenvalue weighted by Gasteiger charge is -2.28. The number of anilines is 1. The number of nitrogens with zero attached hydrogens (tertiary/aromatic N) is 1. The molecule has 2 rings (SSSR count). The highest BCUT2D eigenvalue weighted by Crippen LogP contribution is 2.29. The maximum absolute atomic E-state index is 5.94. The smallest absolute Gasteiger partial charge is 0.0511 e. The van der Waals surface area contributed by atoms with Gasteiger partial charge in [-0.05, 0) is 48.4 Å². The van der Waals surface area contributed by atoms with Gasteiger partial charge in [0.05, 0.1) is 6.04 Å². The van der Waals surface area contributed by atoms with Gasteiger partial charge in [0.1, 0.15) is 0 Å². The van der Waals surface area contributed by atoms with Gasteiger partial charge in [-0.2, -0.15) is 0 Å². The van der Waals surface area contributed by atoms with Crippen LogP contribution in [-0.4, -0.2) is 7.05 Å². The maximum atomic E-state index is 5.94. The zero-order chi connectivity index (χ0) is 14.7. The van der Waals surface area contributed by atoms with E-state index < -0.39 is 0 Å². The number of rotatable bonds is 4. The van der Waals surface area contributed by atoms with Crippen molar-refractivity contribution in [2.45, 2.75) is 19.5 Å². The van der Waals surface area contributed by atoms with E-state index in [9.17, 15) is 0 Å². The molecule has 0 aliphatic carbocycles. The Morgan fingerprint density at radius 2 is 1.85 bits per heavy atom. The van der Waals surface area contributed by atoms with Gasteiger partial charge in [0.2, 0.25) is 0 Å². The van der Waals surface area contributed by atoms with E-state index in [2.05, 4.69) is 59.1 Å². The molecule has 2 nitrogen and oxygen atoms in total. The predicted molar refractivity (Wildman–Crippen MR) is 90.3 cm³/mol. The van der Waals surface area contributed by atoms with Crippen LogP contribution >= 0.6 is 27.5 Å². The molecule has 4 heteroatoms. The topological polar surface area (TPSA) is 29.3 Å². The molecular formula is C16H18BrClN2. The molecule has 0 amide bonds. The number of halogens is 2. The Morgan fingerprint density at radius 3 is 2.45 bits per heavy atom. The third-order valence-electron chi connectivity index (χ3n) is 3.52. The molecule has 2 aromatic rings. The minimum absolute atomic E-state index is 0.257. The minimum atomic E-state index is 0.257. The fourth-order valence-corrected chi connectivity index (χ4v) is 2.80. The summed E-state index contributed by atoms with van der Waals surface area (Å²) in [6.07, 6.45) is 0. The van der Waals surface area contributed by atoms with Crippen LogP contribution in [0.4, 0.5) is 5.69 Å². The van der Waals surface area contributed by atoms with Gasteiger partial charge < -0.3 is 10.6 Å². The second-order valence-electron chi connectivity index (χ2n) is 4.86. The van der Waals surface area contributed by atoms with E-state index in [0.29, 0.717) is 6.54 Å². The molecule has 0 bridgehead atoms. The lowest BCUT2D eigenvalue weighted by Crippen LogP contribution is -2.21. The fourth-order valence-electron chi connectivity index (χ4n) is 2.14. The van der Waals surface area contributed by atoms with E-state index >= 15 is 0 Å². The molecule has 0 saturated carbocycles. The van der Waals surface area contributed by atoms with Gasteiger partial charge in [0.25, 0.3) is 0 Å². The third-order valence-corrected chi connectivity index (χ3v) is 4.23. The highest BCUT2D eigenvalue weighted by atomic mass is 79.9. The summed E-state index contributed by atoms with van der Waals surface area (Å²) in [5.41, 5.74) is 9.22. The van der Waals surface area contributed by atoms with E-state index in [0.717, 1.165) is 20.7 Å². The Kier molecular flexibility index (Phi) is 5.08. The van der Waals surface area contributed by atoms with Crippen molar-refractivity contribution in [3.63, 3.8) is 0 Å². The zero-order valence-corrected chi connectivity index (χ0v) is 13.9. The molecule has 0 spiro atoms. The fraction of sp³-hybridized carbons (Fsp3) is 0.250. The van der Waals surface area contributed by atoms with Crippen LogP contribution in [-0.2, 0) is 6.54 Å². The lowest BCUT2D eigenvalue weighted by molar-refractivity contribution is 0.739. The summed E-state index contributed by atoms with van der Waals surface area (Å²) in [4.78, 5) is 2.23. The molecule has 0 radical (unpaired) electrons. The average Bonchev–Trinajstić information content (AvgIpc) is 2.45. The largest absolute Gasteiger partial charge is 0.368 e. The van der Waals surface area contributed by atoms with Crippen molar-refractivity contribution in [3.05, 3.63) is 63.1 Å². The summed E-state index contributed by atoms with van der Waals surface area (Å²) in [5.74, 6) is 0. The summed E-state index contributed by atoms with van der Waals surface area (Å²) in [5, 5.41) is 0.761. The van der Waals surface area contributed by atoms with E-state index in [-0.39, 0.29) is 6.04 Å². The van der Waals surface area contributed by atoms with Gasteiger partial charge in [0, 0.05) is 28.8 Å². The second-order valence-corrected chi connectivity index (χ2v) is 6.21. The van der Waals surface area contributed by atoms with Crippen molar-refractivity contribution in [2.75, 3.05) is 11.9 Å². The van der Waals surface area contributed by atoms with Crippen molar-refractivity contribution in [2.24, 2.45) is 5.73 Å². The summed E-state index contributed by atoms with van der Waals surface area (Å²) >= 11 is 9.48. The lowest BCUT2D eigenvalue weighted by atomic mass is 10.1. The van der Waals surface area contributed by atoms with Crippen LogP contribution in [0.3, 0.4) is 0 Å². The van der Waals surface area contributed by atoms with Crippen LogP contribution in [0.15, 0.2) is 46.9 Å². The molecule has 0 fully saturated rings. The first-order chi connectivity index (χ1) is 9.51. The van der Waals surface area contributed by atoms with Gasteiger partial charge in [-0.15, -0.1) is 0 Å². The quantitative estimate of drug-likeness (QED) is 0.858. The SMILES string of the molecule is CC(c1ccc(Cl)cc1)N(C)c1cc(Br)cc(CN)c1. The molecule has 20 heavy (non-hydrogen) atoms. The molecule has 0 aliphatic rings. The molecule has 1 unspecified atom stereocenters. The highest BCUT2D eigenvalue weighted by Gasteiger charge is 2.13. The molecule has 0 aliphatic heterocycles. The van der Waals surface area contributed by atoms with Gasteiger partial charge >= 0.3 is 0 Å². The zero-order valence-electron chi connectivity index (χ0n) is 11.6. The van der Waals surface area contributed by atoms with Gasteiger partial charge in [-0.3, -0.25) is 0 Å². The molecular weight excluding hydrogens is 336 g/mol. The van der Waals surface area contributed by atoms with E-state index in [1.54, 1.807) is 0 Å². The van der Waals surface area contributed by atoms with Gasteiger partial charge in [0.15, 0.2) is 0 Å². The molecule has 0 saturated heterocycles. The molecule has 1 atom stereocenters. The number of benzene rings is 2. The second kappa shape index (κ2) is 6.61. The van der Waals surface area contributed by atoms with Crippen LogP contribution in [0.2, 0.25) is 5.02 Å². The Morgan fingerprint density at radius 1 is 1.20 bits per heavy atom. The Labute approximate surface area is 133 Å². The summed E-state index contributed by atoms with van der Waals surface area (Å²) in [6, 6.07) is 14.5. The van der Waals surface area contributed by atoms with Gasteiger partial charge in [-0.25, -0.2) is 0 Å². The molecule has 2 aromatic carbocycles. The Bertz CT molecular complexity index is 584. The normalized spacial score (nSPS) is 12.2. The first-order valence-corrected chi connectivity index (χ1v) is 7.66. The van der Waals surface area contributed by atoms with Crippen molar-refractivity contribution in [3.8, 4) is 0 Å². The number of nitrogens with two attached hydrogens (primary N) is 1. The van der Waals surface area contributed by atoms with E-state index in [4.69, 9.17) is 17.3 Å². The summed E-state index contributed by atoms with van der Waals surface area (Å²) in [6.45, 7) is 2.71. The predicted octanol–water partition coefficient (Wildman–Crippen LogP) is 4.76. The molecule has 0 heterocycles. The van der Waals surface area contributed by atoms with Crippen molar-refractivity contribution >= 4 is 33.2 Å². The third kappa shape index (κ3) is 3.54. The molecule has 106 valence electrons. The molecule has 0 aromatic heterocycles. The van der Waals surface area contributed by atoms with Crippen molar-refractivity contribution < 1.29 is 0 Å². The number of hydrogen-bond donors (Lipinski definition) is 1. The minimum Gasteiger partial charge on any atom is -0.368 e. The standard InChI is InChI=1S/C16H18BrClN2/c1-11(13-3-5-15(18)6-4-13)20(2)16-8-12(10-19)7-14(17)9-16/h3-9,11H,10,19H2,1-2H3. The Hall–Kier alpha value is -1.03. The van der Waals surface area contributed by atoms with Crippen LogP contribution in [0.5, 0.6) is 0 Å². The van der Waals surface area contributed by atoms with Crippen LogP contribution < -0.4 is 10.6 Å².